The van der Waals surface area contributed by atoms with Gasteiger partial charge in [-0.3, -0.25) is 9.59 Å². The number of nitrogens with zero attached hydrogens (tertiary/aromatic N) is 1. The number of anilines is 1. The van der Waals surface area contributed by atoms with Gasteiger partial charge in [-0.2, -0.15) is 5.10 Å². The van der Waals surface area contributed by atoms with E-state index in [1.54, 1.807) is 36.4 Å². The summed E-state index contributed by atoms with van der Waals surface area (Å²) in [5.41, 5.74) is 4.93. The molecule has 0 heterocycles. The highest BCUT2D eigenvalue weighted by molar-refractivity contribution is 6.39. The van der Waals surface area contributed by atoms with Gasteiger partial charge in [-0.05, 0) is 42.2 Å². The molecule has 0 saturated heterocycles. The van der Waals surface area contributed by atoms with E-state index in [-0.39, 0.29) is 5.75 Å². The predicted octanol–water partition coefficient (Wildman–Crippen LogP) is 2.77. The largest absolute Gasteiger partial charge is 0.507 e. The number of benzene rings is 2. The van der Waals surface area contributed by atoms with Gasteiger partial charge in [0, 0.05) is 11.3 Å². The Morgan fingerprint density at radius 3 is 2.54 bits per heavy atom. The molecule has 0 aromatic heterocycles. The molecule has 0 saturated carbocycles. The van der Waals surface area contributed by atoms with Crippen molar-refractivity contribution < 1.29 is 14.7 Å². The fraction of sp³-hybridized carbons (Fsp3) is 0.150. The lowest BCUT2D eigenvalue weighted by Gasteiger charge is -2.06. The van der Waals surface area contributed by atoms with Crippen molar-refractivity contribution in [2.75, 3.05) is 5.32 Å². The summed E-state index contributed by atoms with van der Waals surface area (Å²) in [5.74, 6) is -1.66. The molecule has 3 N–H and O–H groups in total. The van der Waals surface area contributed by atoms with E-state index in [9.17, 15) is 14.7 Å². The Morgan fingerprint density at radius 1 is 1.15 bits per heavy atom. The molecule has 6 nitrogen and oxygen atoms in total. The molecule has 0 spiro atoms. The number of hydrogen-bond donors (Lipinski definition) is 3. The highest BCUT2D eigenvalue weighted by atomic mass is 16.3. The van der Waals surface area contributed by atoms with E-state index in [2.05, 4.69) is 22.4 Å². The number of carbonyl (C=O) groups is 2. The van der Waals surface area contributed by atoms with Crippen LogP contribution in [0.15, 0.2) is 60.2 Å². The van der Waals surface area contributed by atoms with E-state index in [1.165, 1.54) is 6.21 Å². The number of phenolic OH excluding ortho intramolecular Hbond substituents is 1. The third-order valence-electron chi connectivity index (χ3n) is 3.71. The van der Waals surface area contributed by atoms with Crippen LogP contribution in [-0.4, -0.2) is 23.1 Å². The molecule has 6 heteroatoms. The number of aryl methyl sites for hydroxylation is 1. The average molecular weight is 351 g/mol. The SMILES string of the molecule is C=CCc1cccc(/C=N\NC(=O)C(=O)Nc2ccc(CC)cc2)c1O. The number of hydrazone groups is 1. The van der Waals surface area contributed by atoms with Gasteiger partial charge in [0.15, 0.2) is 0 Å². The normalized spacial score (nSPS) is 10.5. The van der Waals surface area contributed by atoms with Crippen molar-refractivity contribution in [3.05, 3.63) is 71.8 Å². The summed E-state index contributed by atoms with van der Waals surface area (Å²) >= 11 is 0. The Morgan fingerprint density at radius 2 is 1.88 bits per heavy atom. The predicted molar refractivity (Wildman–Crippen MR) is 102 cm³/mol. The second-order valence-electron chi connectivity index (χ2n) is 5.55. The zero-order chi connectivity index (χ0) is 18.9. The molecule has 2 amide bonds. The van der Waals surface area contributed by atoms with Gasteiger partial charge in [0.1, 0.15) is 5.75 Å². The number of nitrogens with one attached hydrogen (secondary N) is 2. The highest BCUT2D eigenvalue weighted by Gasteiger charge is 2.13. The zero-order valence-electron chi connectivity index (χ0n) is 14.5. The van der Waals surface area contributed by atoms with Crippen molar-refractivity contribution in [3.63, 3.8) is 0 Å². The standard InChI is InChI=1S/C20H21N3O3/c1-3-6-15-7-5-8-16(18(15)24)13-21-23-20(26)19(25)22-17-11-9-14(4-2)10-12-17/h3,5,7-13,24H,1,4,6H2,2H3,(H,22,25)(H,23,26)/b21-13-. The number of rotatable bonds is 6. The molecule has 0 fully saturated rings. The summed E-state index contributed by atoms with van der Waals surface area (Å²) in [6, 6.07) is 12.4. The van der Waals surface area contributed by atoms with Crippen molar-refractivity contribution in [1.29, 1.82) is 0 Å². The lowest BCUT2D eigenvalue weighted by molar-refractivity contribution is -0.136. The molecule has 26 heavy (non-hydrogen) atoms. The lowest BCUT2D eigenvalue weighted by atomic mass is 10.1. The van der Waals surface area contributed by atoms with Gasteiger partial charge in [-0.25, -0.2) is 5.43 Å². The zero-order valence-corrected chi connectivity index (χ0v) is 14.5. The van der Waals surface area contributed by atoms with E-state index in [0.29, 0.717) is 23.2 Å². The quantitative estimate of drug-likeness (QED) is 0.323. The number of carbonyl (C=O) groups excluding carboxylic acids is 2. The van der Waals surface area contributed by atoms with Crippen LogP contribution < -0.4 is 10.7 Å². The molecule has 0 aliphatic rings. The van der Waals surface area contributed by atoms with Crippen LogP contribution in [0.1, 0.15) is 23.6 Å². The molecule has 0 atom stereocenters. The van der Waals surface area contributed by atoms with Gasteiger partial charge in [-0.1, -0.05) is 37.3 Å². The molecule has 134 valence electrons. The Labute approximate surface area is 152 Å². The van der Waals surface area contributed by atoms with Crippen molar-refractivity contribution in [1.82, 2.24) is 5.43 Å². The van der Waals surface area contributed by atoms with Crippen molar-refractivity contribution in [2.45, 2.75) is 19.8 Å². The van der Waals surface area contributed by atoms with Crippen LogP contribution in [0.25, 0.3) is 0 Å². The first-order valence-corrected chi connectivity index (χ1v) is 8.20. The first-order chi connectivity index (χ1) is 12.5. The second kappa shape index (κ2) is 9.17. The molecule has 0 bridgehead atoms. The molecule has 0 unspecified atom stereocenters. The summed E-state index contributed by atoms with van der Waals surface area (Å²) in [4.78, 5) is 23.7. The van der Waals surface area contributed by atoms with Crippen LogP contribution in [0.5, 0.6) is 5.75 Å². The van der Waals surface area contributed by atoms with Crippen molar-refractivity contribution in [2.24, 2.45) is 5.10 Å². The minimum absolute atomic E-state index is 0.0610. The smallest absolute Gasteiger partial charge is 0.329 e. The van der Waals surface area contributed by atoms with E-state index < -0.39 is 11.8 Å². The molecular weight excluding hydrogens is 330 g/mol. The van der Waals surface area contributed by atoms with E-state index in [1.807, 2.05) is 19.1 Å². The van der Waals surface area contributed by atoms with E-state index in [0.717, 1.165) is 12.0 Å². The number of phenols is 1. The number of hydrogen-bond acceptors (Lipinski definition) is 4. The monoisotopic (exact) mass is 351 g/mol. The molecule has 0 aliphatic heterocycles. The van der Waals surface area contributed by atoms with Crippen LogP contribution in [0.2, 0.25) is 0 Å². The van der Waals surface area contributed by atoms with Crippen LogP contribution >= 0.6 is 0 Å². The van der Waals surface area contributed by atoms with E-state index in [4.69, 9.17) is 0 Å². The van der Waals surface area contributed by atoms with Crippen LogP contribution in [-0.2, 0) is 22.4 Å². The first-order valence-electron chi connectivity index (χ1n) is 8.20. The first kappa shape index (κ1) is 18.9. The maximum absolute atomic E-state index is 11.9. The minimum Gasteiger partial charge on any atom is -0.507 e. The van der Waals surface area contributed by atoms with Gasteiger partial charge in [0.2, 0.25) is 0 Å². The van der Waals surface area contributed by atoms with Crippen LogP contribution in [0, 0.1) is 0 Å². The van der Waals surface area contributed by atoms with Gasteiger partial charge in [0.05, 0.1) is 6.21 Å². The van der Waals surface area contributed by atoms with Gasteiger partial charge < -0.3 is 10.4 Å². The summed E-state index contributed by atoms with van der Waals surface area (Å²) in [6.45, 7) is 5.66. The van der Waals surface area contributed by atoms with Gasteiger partial charge >= 0.3 is 11.8 Å². The fourth-order valence-corrected chi connectivity index (χ4v) is 2.26. The fourth-order valence-electron chi connectivity index (χ4n) is 2.26. The summed E-state index contributed by atoms with van der Waals surface area (Å²) in [6.07, 6.45) is 4.36. The molecule has 2 aromatic rings. The third-order valence-corrected chi connectivity index (χ3v) is 3.71. The summed E-state index contributed by atoms with van der Waals surface area (Å²) in [7, 11) is 0. The van der Waals surface area contributed by atoms with Crippen molar-refractivity contribution >= 4 is 23.7 Å². The van der Waals surface area contributed by atoms with Crippen molar-refractivity contribution in [3.8, 4) is 5.75 Å². The van der Waals surface area contributed by atoms with Gasteiger partial charge in [-0.15, -0.1) is 6.58 Å². The maximum atomic E-state index is 11.9. The molecular formula is C20H21N3O3. The maximum Gasteiger partial charge on any atom is 0.329 e. The summed E-state index contributed by atoms with van der Waals surface area (Å²) in [5, 5.41) is 16.3. The van der Waals surface area contributed by atoms with Crippen LogP contribution in [0.3, 0.4) is 0 Å². The number of allylic oxidation sites excluding steroid dienone is 1. The third kappa shape index (κ3) is 5.04. The topological polar surface area (TPSA) is 90.8 Å². The van der Waals surface area contributed by atoms with E-state index >= 15 is 0 Å². The Hall–Kier alpha value is -3.41. The average Bonchev–Trinajstić information content (AvgIpc) is 2.65. The second-order valence-corrected chi connectivity index (χ2v) is 5.55. The highest BCUT2D eigenvalue weighted by Crippen LogP contribution is 2.21. The number of para-hydroxylation sites is 1. The molecule has 2 aromatic carbocycles. The van der Waals surface area contributed by atoms with Gasteiger partial charge in [0.25, 0.3) is 0 Å². The Kier molecular flexibility index (Phi) is 6.68. The lowest BCUT2D eigenvalue weighted by Crippen LogP contribution is -2.32. The number of aromatic hydroxyl groups is 1. The molecule has 0 radical (unpaired) electrons. The Balaban J connectivity index is 1.94. The minimum atomic E-state index is -0.900. The Bertz CT molecular complexity index is 827. The molecule has 0 aliphatic carbocycles. The van der Waals surface area contributed by atoms with Crippen LogP contribution in [0.4, 0.5) is 5.69 Å². The summed E-state index contributed by atoms with van der Waals surface area (Å²) < 4.78 is 0. The molecule has 2 rings (SSSR count). The number of amides is 2.